The quantitative estimate of drug-likeness (QED) is 0.217. The molecule has 0 unspecified atom stereocenters. The Hall–Kier alpha value is -4.75. The SMILES string of the molecule is CC1(C)c2cc(-c3cccc(-c4ccccn4)c3)ccc2-c2cc3c4ccccc4c4ccccc4c3cc21. The summed E-state index contributed by atoms with van der Waals surface area (Å²) < 4.78 is 0. The average Bonchev–Trinajstić information content (AvgIpc) is 3.22. The molecule has 0 spiro atoms. The second-order valence-electron chi connectivity index (χ2n) is 11.2. The number of hydrogen-bond acceptors (Lipinski definition) is 1. The van der Waals surface area contributed by atoms with Gasteiger partial charge in [0.2, 0.25) is 0 Å². The van der Waals surface area contributed by atoms with Gasteiger partial charge in [0.25, 0.3) is 0 Å². The van der Waals surface area contributed by atoms with Gasteiger partial charge >= 0.3 is 0 Å². The van der Waals surface area contributed by atoms with Gasteiger partial charge in [0, 0.05) is 17.2 Å². The van der Waals surface area contributed by atoms with E-state index in [1.165, 1.54) is 65.7 Å². The van der Waals surface area contributed by atoms with Crippen LogP contribution in [0.4, 0.5) is 0 Å². The van der Waals surface area contributed by atoms with E-state index in [1.54, 1.807) is 0 Å². The first-order valence-corrected chi connectivity index (χ1v) is 13.6. The lowest BCUT2D eigenvalue weighted by Crippen LogP contribution is -2.15. The van der Waals surface area contributed by atoms with Crippen LogP contribution in [0, 0.1) is 0 Å². The smallest absolute Gasteiger partial charge is 0.0702 e. The monoisotopic (exact) mass is 497 g/mol. The fourth-order valence-electron chi connectivity index (χ4n) is 6.70. The van der Waals surface area contributed by atoms with E-state index < -0.39 is 0 Å². The third kappa shape index (κ3) is 3.23. The van der Waals surface area contributed by atoms with E-state index in [-0.39, 0.29) is 5.41 Å². The van der Waals surface area contributed by atoms with Gasteiger partial charge in [0.05, 0.1) is 5.69 Å². The first kappa shape index (κ1) is 22.3. The predicted octanol–water partition coefficient (Wildman–Crippen LogP) is 10.2. The van der Waals surface area contributed by atoms with Crippen molar-refractivity contribution in [2.24, 2.45) is 0 Å². The standard InChI is InChI=1S/C38H27N/c1-38(2)35-21-25(24-10-9-11-26(20-24)37-16-7-8-19-39-37)17-18-31(35)34-22-32-29-14-5-3-12-27(29)28-13-4-6-15-30(28)33(32)23-36(34)38/h3-23H,1-2H3. The lowest BCUT2D eigenvalue weighted by Gasteiger charge is -2.23. The molecule has 0 atom stereocenters. The second-order valence-corrected chi connectivity index (χ2v) is 11.2. The predicted molar refractivity (Wildman–Crippen MR) is 165 cm³/mol. The lowest BCUT2D eigenvalue weighted by molar-refractivity contribution is 0.661. The summed E-state index contributed by atoms with van der Waals surface area (Å²) in [6.45, 7) is 4.75. The molecule has 1 heterocycles. The lowest BCUT2D eigenvalue weighted by atomic mass is 9.80. The fourth-order valence-corrected chi connectivity index (χ4v) is 6.70. The Bertz CT molecular complexity index is 2080. The number of hydrogen-bond donors (Lipinski definition) is 0. The van der Waals surface area contributed by atoms with Crippen LogP contribution in [0.5, 0.6) is 0 Å². The van der Waals surface area contributed by atoms with E-state index in [0.29, 0.717) is 0 Å². The number of nitrogens with zero attached hydrogens (tertiary/aromatic N) is 1. The minimum Gasteiger partial charge on any atom is -0.256 e. The van der Waals surface area contributed by atoms with Crippen molar-refractivity contribution < 1.29 is 0 Å². The Kier molecular flexibility index (Phi) is 4.63. The van der Waals surface area contributed by atoms with E-state index >= 15 is 0 Å². The molecule has 0 saturated carbocycles. The van der Waals surface area contributed by atoms with Gasteiger partial charge in [0.1, 0.15) is 0 Å². The van der Waals surface area contributed by atoms with Crippen LogP contribution in [0.15, 0.2) is 128 Å². The normalized spacial score (nSPS) is 13.6. The first-order valence-electron chi connectivity index (χ1n) is 13.6. The molecule has 39 heavy (non-hydrogen) atoms. The molecule has 184 valence electrons. The van der Waals surface area contributed by atoms with Crippen molar-refractivity contribution >= 4 is 32.3 Å². The highest BCUT2D eigenvalue weighted by molar-refractivity contribution is 6.26. The van der Waals surface area contributed by atoms with Crippen LogP contribution in [0.25, 0.3) is 65.8 Å². The molecule has 0 saturated heterocycles. The third-order valence-electron chi connectivity index (χ3n) is 8.70. The van der Waals surface area contributed by atoms with Crippen molar-refractivity contribution in [3.05, 3.63) is 139 Å². The molecule has 0 radical (unpaired) electrons. The minimum absolute atomic E-state index is 0.0970. The molecule has 1 aromatic heterocycles. The summed E-state index contributed by atoms with van der Waals surface area (Å²) in [6, 6.07) is 44.4. The molecule has 0 aliphatic heterocycles. The summed E-state index contributed by atoms with van der Waals surface area (Å²) in [5.74, 6) is 0. The number of pyridine rings is 1. The zero-order valence-corrected chi connectivity index (χ0v) is 22.1. The summed E-state index contributed by atoms with van der Waals surface area (Å²) in [6.07, 6.45) is 1.85. The minimum atomic E-state index is -0.0970. The first-order chi connectivity index (χ1) is 19.1. The molecule has 0 N–H and O–H groups in total. The van der Waals surface area contributed by atoms with Gasteiger partial charge in [-0.3, -0.25) is 4.98 Å². The number of fused-ring (bicyclic) bond motifs is 9. The van der Waals surface area contributed by atoms with Gasteiger partial charge in [-0.05, 0) is 102 Å². The topological polar surface area (TPSA) is 12.9 Å². The van der Waals surface area contributed by atoms with Crippen molar-refractivity contribution in [2.75, 3.05) is 0 Å². The average molecular weight is 498 g/mol. The van der Waals surface area contributed by atoms with Gasteiger partial charge in [-0.1, -0.05) is 98.8 Å². The maximum atomic E-state index is 4.56. The fraction of sp³-hybridized carbons (Fsp3) is 0.0789. The van der Waals surface area contributed by atoms with Crippen LogP contribution < -0.4 is 0 Å². The Balaban J connectivity index is 1.34. The van der Waals surface area contributed by atoms with Crippen LogP contribution in [0.3, 0.4) is 0 Å². The maximum Gasteiger partial charge on any atom is 0.0702 e. The Labute approximate surface area is 228 Å². The second kappa shape index (κ2) is 8.12. The number of rotatable bonds is 2. The Morgan fingerprint density at radius 2 is 1.03 bits per heavy atom. The van der Waals surface area contributed by atoms with Crippen molar-refractivity contribution in [1.29, 1.82) is 0 Å². The van der Waals surface area contributed by atoms with Crippen LogP contribution >= 0.6 is 0 Å². The summed E-state index contributed by atoms with van der Waals surface area (Å²) in [4.78, 5) is 4.56. The maximum absolute atomic E-state index is 4.56. The van der Waals surface area contributed by atoms with Crippen LogP contribution in [0.2, 0.25) is 0 Å². The molecule has 1 nitrogen and oxygen atoms in total. The number of benzene rings is 6. The zero-order valence-electron chi connectivity index (χ0n) is 22.1. The summed E-state index contributed by atoms with van der Waals surface area (Å²) in [5.41, 5.74) is 10.0. The van der Waals surface area contributed by atoms with Crippen molar-refractivity contribution in [3.63, 3.8) is 0 Å². The molecule has 0 amide bonds. The molecule has 8 rings (SSSR count). The zero-order chi connectivity index (χ0) is 26.1. The number of aromatic nitrogens is 1. The molecule has 0 bridgehead atoms. The summed E-state index contributed by atoms with van der Waals surface area (Å²) >= 11 is 0. The van der Waals surface area contributed by atoms with Crippen molar-refractivity contribution in [3.8, 4) is 33.5 Å². The van der Waals surface area contributed by atoms with E-state index in [1.807, 2.05) is 18.3 Å². The summed E-state index contributed by atoms with van der Waals surface area (Å²) in [5, 5.41) is 7.96. The largest absolute Gasteiger partial charge is 0.256 e. The Morgan fingerprint density at radius 1 is 0.436 bits per heavy atom. The van der Waals surface area contributed by atoms with Crippen LogP contribution in [-0.2, 0) is 5.41 Å². The molecule has 6 aromatic carbocycles. The van der Waals surface area contributed by atoms with E-state index in [4.69, 9.17) is 0 Å². The van der Waals surface area contributed by atoms with Crippen molar-refractivity contribution in [1.82, 2.24) is 4.98 Å². The highest BCUT2D eigenvalue weighted by atomic mass is 14.7. The molecule has 7 aromatic rings. The third-order valence-corrected chi connectivity index (χ3v) is 8.70. The van der Waals surface area contributed by atoms with E-state index in [2.05, 4.69) is 128 Å². The van der Waals surface area contributed by atoms with E-state index in [0.717, 1.165) is 11.3 Å². The summed E-state index contributed by atoms with van der Waals surface area (Å²) in [7, 11) is 0. The molecular formula is C38H27N. The highest BCUT2D eigenvalue weighted by Crippen LogP contribution is 2.52. The highest BCUT2D eigenvalue weighted by Gasteiger charge is 2.36. The molecular weight excluding hydrogens is 470 g/mol. The molecule has 0 fully saturated rings. The molecule has 1 aliphatic rings. The van der Waals surface area contributed by atoms with Gasteiger partial charge in [-0.25, -0.2) is 0 Å². The molecule has 1 heteroatoms. The Morgan fingerprint density at radius 3 is 1.72 bits per heavy atom. The van der Waals surface area contributed by atoms with Gasteiger partial charge < -0.3 is 0 Å². The van der Waals surface area contributed by atoms with Gasteiger partial charge in [0.15, 0.2) is 0 Å². The van der Waals surface area contributed by atoms with E-state index in [9.17, 15) is 0 Å². The van der Waals surface area contributed by atoms with Crippen LogP contribution in [0.1, 0.15) is 25.0 Å². The molecule has 1 aliphatic carbocycles. The van der Waals surface area contributed by atoms with Gasteiger partial charge in [-0.2, -0.15) is 0 Å². The van der Waals surface area contributed by atoms with Crippen molar-refractivity contribution in [2.45, 2.75) is 19.3 Å². The van der Waals surface area contributed by atoms with Crippen LogP contribution in [-0.4, -0.2) is 4.98 Å². The van der Waals surface area contributed by atoms with Gasteiger partial charge in [-0.15, -0.1) is 0 Å².